The number of hydrogen-bond acceptors (Lipinski definition) is 6. The molecule has 7 nitrogen and oxygen atoms in total. The lowest BCUT2D eigenvalue weighted by atomic mass is 9.90. The van der Waals surface area contributed by atoms with E-state index < -0.39 is 11.7 Å². The van der Waals surface area contributed by atoms with Gasteiger partial charge < -0.3 is 20.7 Å². The molecular weight excluding hydrogens is 528 g/mol. The fraction of sp³-hybridized carbons (Fsp3) is 0.393. The number of aryl methyl sites for hydroxylation is 1. The van der Waals surface area contributed by atoms with Gasteiger partial charge in [0.1, 0.15) is 5.82 Å². The number of halogens is 3. The molecule has 5 rings (SSSR count). The number of nitrogens with one attached hydrogen (secondary N) is 3. The third kappa shape index (κ3) is 6.99. The van der Waals surface area contributed by atoms with Crippen LogP contribution in [-0.2, 0) is 11.2 Å². The molecule has 38 heavy (non-hydrogen) atoms. The molecule has 1 amide bonds. The van der Waals surface area contributed by atoms with Crippen molar-refractivity contribution in [1.29, 1.82) is 0 Å². The highest BCUT2D eigenvalue weighted by molar-refractivity contribution is 6.34. The minimum atomic E-state index is -0.603. The molecule has 2 fully saturated rings. The van der Waals surface area contributed by atoms with Gasteiger partial charge in [0, 0.05) is 18.5 Å². The van der Waals surface area contributed by atoms with Gasteiger partial charge in [-0.3, -0.25) is 4.79 Å². The molecule has 3 N–H and O–H groups in total. The maximum absolute atomic E-state index is 14.3. The predicted octanol–water partition coefficient (Wildman–Crippen LogP) is 6.27. The van der Waals surface area contributed by atoms with Crippen molar-refractivity contribution in [1.82, 2.24) is 15.3 Å². The van der Waals surface area contributed by atoms with Crippen molar-refractivity contribution in [2.75, 3.05) is 30.3 Å². The Morgan fingerprint density at radius 3 is 2.63 bits per heavy atom. The summed E-state index contributed by atoms with van der Waals surface area (Å²) in [5.74, 6) is -0.129. The summed E-state index contributed by atoms with van der Waals surface area (Å²) in [6.45, 7) is 2.86. The quantitative estimate of drug-likeness (QED) is 0.301. The summed E-state index contributed by atoms with van der Waals surface area (Å²) in [5.41, 5.74) is 3.01. The first-order chi connectivity index (χ1) is 18.1. The molecule has 1 unspecified atom stereocenters. The molecule has 10 heteroatoms. The lowest BCUT2D eigenvalue weighted by molar-refractivity contribution is 0.101. The Morgan fingerprint density at radius 1 is 1.13 bits per heavy atom. The Kier molecular flexibility index (Phi) is 9.91. The SMILES string of the molecule is Cl.O=C(Nc1c(F)cccc1Cl)c1cnc(Nc2ccc(C3CCNCC3)cc2)nc1CCC1CCCO1. The van der Waals surface area contributed by atoms with Crippen LogP contribution >= 0.6 is 24.0 Å². The first-order valence-corrected chi connectivity index (χ1v) is 13.2. The van der Waals surface area contributed by atoms with Crippen molar-refractivity contribution in [2.45, 2.75) is 50.5 Å². The number of carbonyl (C=O) groups is 1. The highest BCUT2D eigenvalue weighted by atomic mass is 35.5. The molecule has 0 saturated carbocycles. The fourth-order valence-corrected chi connectivity index (χ4v) is 5.16. The number of ether oxygens (including phenoxy) is 1. The van der Waals surface area contributed by atoms with E-state index in [0.29, 0.717) is 24.0 Å². The van der Waals surface area contributed by atoms with E-state index in [9.17, 15) is 9.18 Å². The van der Waals surface area contributed by atoms with E-state index in [2.05, 4.69) is 38.1 Å². The molecule has 2 saturated heterocycles. The summed E-state index contributed by atoms with van der Waals surface area (Å²) in [6, 6.07) is 12.6. The average Bonchev–Trinajstić information content (AvgIpc) is 3.44. The van der Waals surface area contributed by atoms with Crippen LogP contribution in [0.15, 0.2) is 48.7 Å². The van der Waals surface area contributed by atoms with E-state index in [1.54, 1.807) is 0 Å². The van der Waals surface area contributed by atoms with Gasteiger partial charge in [-0.1, -0.05) is 29.8 Å². The average molecular weight is 561 g/mol. The second-order valence-corrected chi connectivity index (χ2v) is 9.96. The Bertz CT molecular complexity index is 1210. The molecule has 202 valence electrons. The van der Waals surface area contributed by atoms with Crippen LogP contribution in [-0.4, -0.2) is 41.7 Å². The first-order valence-electron chi connectivity index (χ1n) is 12.9. The molecule has 0 aliphatic carbocycles. The first kappa shape index (κ1) is 28.2. The van der Waals surface area contributed by atoms with Crippen molar-refractivity contribution in [2.24, 2.45) is 0 Å². The standard InChI is InChI=1S/C28H31ClFN5O2.ClH/c29-23-4-1-5-24(30)26(23)35-27(36)22-17-32-28(34-25(22)11-10-21-3-2-16-37-21)33-20-8-6-18(7-9-20)19-12-14-31-15-13-19;/h1,4-9,17,19,21,31H,2-3,10-16H2,(H,35,36)(H,32,33,34);1H. The summed E-state index contributed by atoms with van der Waals surface area (Å²) >= 11 is 6.11. The van der Waals surface area contributed by atoms with E-state index in [1.807, 2.05) is 12.1 Å². The van der Waals surface area contributed by atoms with E-state index in [0.717, 1.165) is 57.5 Å². The zero-order valence-corrected chi connectivity index (χ0v) is 22.6. The minimum Gasteiger partial charge on any atom is -0.378 e. The van der Waals surface area contributed by atoms with Crippen LogP contribution in [0, 0.1) is 5.82 Å². The maximum Gasteiger partial charge on any atom is 0.259 e. The lowest BCUT2D eigenvalue weighted by Crippen LogP contribution is -2.26. The van der Waals surface area contributed by atoms with Crippen molar-refractivity contribution >= 4 is 47.2 Å². The van der Waals surface area contributed by atoms with Crippen LogP contribution in [0.4, 0.5) is 21.7 Å². The Balaban J connectivity index is 0.00000336. The summed E-state index contributed by atoms with van der Waals surface area (Å²) in [5, 5.41) is 9.37. The molecule has 3 heterocycles. The number of nitrogens with zero attached hydrogens (tertiary/aromatic N) is 2. The largest absolute Gasteiger partial charge is 0.378 e. The van der Waals surface area contributed by atoms with Gasteiger partial charge in [0.2, 0.25) is 5.95 Å². The number of aromatic nitrogens is 2. The smallest absolute Gasteiger partial charge is 0.259 e. The van der Waals surface area contributed by atoms with E-state index in [1.165, 1.54) is 30.0 Å². The lowest BCUT2D eigenvalue weighted by Gasteiger charge is -2.23. The number of rotatable bonds is 8. The van der Waals surface area contributed by atoms with Crippen LogP contribution in [0.25, 0.3) is 0 Å². The number of carbonyl (C=O) groups excluding carboxylic acids is 1. The molecule has 0 spiro atoms. The third-order valence-electron chi connectivity index (χ3n) is 7.02. The highest BCUT2D eigenvalue weighted by Crippen LogP contribution is 2.28. The van der Waals surface area contributed by atoms with Crippen molar-refractivity contribution in [3.63, 3.8) is 0 Å². The number of hydrogen-bond donors (Lipinski definition) is 3. The molecule has 0 bridgehead atoms. The number of amides is 1. The number of anilines is 3. The second kappa shape index (κ2) is 13.3. The predicted molar refractivity (Wildman–Crippen MR) is 151 cm³/mol. The number of benzene rings is 2. The van der Waals surface area contributed by atoms with Gasteiger partial charge in [-0.2, -0.15) is 0 Å². The zero-order valence-electron chi connectivity index (χ0n) is 21.0. The van der Waals surface area contributed by atoms with Crippen LogP contribution in [0.2, 0.25) is 5.02 Å². The van der Waals surface area contributed by atoms with Gasteiger partial charge in [-0.05, 0) is 87.4 Å². The molecule has 1 aromatic heterocycles. The molecule has 3 aromatic rings. The van der Waals surface area contributed by atoms with Gasteiger partial charge in [0.25, 0.3) is 5.91 Å². The summed E-state index contributed by atoms with van der Waals surface area (Å²) in [4.78, 5) is 22.2. The van der Waals surface area contributed by atoms with Crippen molar-refractivity contribution in [3.8, 4) is 0 Å². The van der Waals surface area contributed by atoms with Gasteiger partial charge in [-0.25, -0.2) is 14.4 Å². The van der Waals surface area contributed by atoms with Crippen LogP contribution in [0.5, 0.6) is 0 Å². The molecule has 2 aromatic carbocycles. The fourth-order valence-electron chi connectivity index (χ4n) is 4.95. The zero-order chi connectivity index (χ0) is 25.6. The molecule has 1 atom stereocenters. The topological polar surface area (TPSA) is 88.2 Å². The van der Waals surface area contributed by atoms with E-state index >= 15 is 0 Å². The molecule has 2 aliphatic rings. The van der Waals surface area contributed by atoms with Crippen molar-refractivity contribution < 1.29 is 13.9 Å². The number of para-hydroxylation sites is 1. The van der Waals surface area contributed by atoms with E-state index in [4.69, 9.17) is 16.3 Å². The normalized spacial score (nSPS) is 17.6. The van der Waals surface area contributed by atoms with Crippen LogP contribution in [0.3, 0.4) is 0 Å². The third-order valence-corrected chi connectivity index (χ3v) is 7.33. The number of piperidine rings is 1. The van der Waals surface area contributed by atoms with Gasteiger partial charge >= 0.3 is 0 Å². The Morgan fingerprint density at radius 2 is 1.92 bits per heavy atom. The van der Waals surface area contributed by atoms with E-state index in [-0.39, 0.29) is 34.8 Å². The Labute approximate surface area is 233 Å². The molecule has 2 aliphatic heterocycles. The monoisotopic (exact) mass is 559 g/mol. The van der Waals surface area contributed by atoms with Gasteiger partial charge in [-0.15, -0.1) is 12.4 Å². The minimum absolute atomic E-state index is 0. The summed E-state index contributed by atoms with van der Waals surface area (Å²) in [7, 11) is 0. The Hall–Kier alpha value is -2.78. The molecular formula is C28H32Cl2FN5O2. The maximum atomic E-state index is 14.3. The highest BCUT2D eigenvalue weighted by Gasteiger charge is 2.21. The van der Waals surface area contributed by atoms with Crippen LogP contribution < -0.4 is 16.0 Å². The second-order valence-electron chi connectivity index (χ2n) is 9.55. The molecule has 0 radical (unpaired) electrons. The van der Waals surface area contributed by atoms with Gasteiger partial charge in [0.05, 0.1) is 28.1 Å². The summed E-state index contributed by atoms with van der Waals surface area (Å²) in [6.07, 6.45) is 7.21. The van der Waals surface area contributed by atoms with Gasteiger partial charge in [0.15, 0.2) is 0 Å². The summed E-state index contributed by atoms with van der Waals surface area (Å²) < 4.78 is 20.0. The van der Waals surface area contributed by atoms with Crippen LogP contribution in [0.1, 0.15) is 59.6 Å². The van der Waals surface area contributed by atoms with Crippen molar-refractivity contribution in [3.05, 3.63) is 76.3 Å².